The molecule has 0 fully saturated rings. The van der Waals surface area contributed by atoms with Gasteiger partial charge in [0.05, 0.1) is 16.6 Å². The number of hydrogen-bond acceptors (Lipinski definition) is 3. The van der Waals surface area contributed by atoms with Crippen LogP contribution in [0.3, 0.4) is 0 Å². The third-order valence-electron chi connectivity index (χ3n) is 3.11. The van der Waals surface area contributed by atoms with Crippen LogP contribution in [0.15, 0.2) is 24.3 Å². The van der Waals surface area contributed by atoms with E-state index in [1.165, 1.54) is 0 Å². The molecule has 0 aliphatic rings. The fourth-order valence-electron chi connectivity index (χ4n) is 1.63. The van der Waals surface area contributed by atoms with Crippen LogP contribution >= 0.6 is 12.2 Å². The number of carbonyl (C=O) groups is 1. The zero-order chi connectivity index (χ0) is 15.3. The molecule has 4 nitrogen and oxygen atoms in total. The summed E-state index contributed by atoms with van der Waals surface area (Å²) in [6, 6.07) is 7.06. The van der Waals surface area contributed by atoms with Crippen LogP contribution in [-0.4, -0.2) is 22.5 Å². The lowest BCUT2D eigenvalue weighted by Gasteiger charge is -2.28. The molecular weight excluding hydrogens is 272 g/mol. The van der Waals surface area contributed by atoms with Crippen molar-refractivity contribution in [1.82, 2.24) is 5.32 Å². The molecular formula is C15H22N2O2S. The Balaban J connectivity index is 2.90. The quantitative estimate of drug-likeness (QED) is 0.792. The average molecular weight is 294 g/mol. The predicted octanol–water partition coefficient (Wildman–Crippen LogP) is 2.66. The van der Waals surface area contributed by atoms with Gasteiger partial charge in [-0.3, -0.25) is 4.79 Å². The van der Waals surface area contributed by atoms with E-state index in [4.69, 9.17) is 22.7 Å². The van der Waals surface area contributed by atoms with E-state index in [1.54, 1.807) is 18.2 Å². The number of nitrogens with two attached hydrogens (primary N) is 1. The summed E-state index contributed by atoms with van der Waals surface area (Å²) in [6.07, 6.45) is 0.696. The summed E-state index contributed by atoms with van der Waals surface area (Å²) in [5.74, 6) is 0.456. The van der Waals surface area contributed by atoms with Gasteiger partial charge >= 0.3 is 0 Å². The molecule has 20 heavy (non-hydrogen) atoms. The van der Waals surface area contributed by atoms with Gasteiger partial charge in [-0.15, -0.1) is 0 Å². The molecule has 1 rings (SSSR count). The number of rotatable bonds is 6. The highest BCUT2D eigenvalue weighted by molar-refractivity contribution is 7.80. The van der Waals surface area contributed by atoms with Crippen molar-refractivity contribution in [3.63, 3.8) is 0 Å². The first kappa shape index (κ1) is 16.4. The number of hydrogen-bond donors (Lipinski definition) is 2. The normalized spacial score (nSPS) is 13.7. The second-order valence-corrected chi connectivity index (χ2v) is 5.64. The summed E-state index contributed by atoms with van der Waals surface area (Å²) >= 11 is 5.02. The summed E-state index contributed by atoms with van der Waals surface area (Å²) < 4.78 is 5.58. The van der Waals surface area contributed by atoms with E-state index in [-0.39, 0.29) is 17.0 Å². The first-order valence-corrected chi connectivity index (χ1v) is 7.08. The van der Waals surface area contributed by atoms with Crippen LogP contribution in [0.5, 0.6) is 5.75 Å². The van der Waals surface area contributed by atoms with Gasteiger partial charge in [0.1, 0.15) is 5.75 Å². The molecule has 0 saturated carbocycles. The Morgan fingerprint density at radius 3 is 2.65 bits per heavy atom. The van der Waals surface area contributed by atoms with Crippen LogP contribution in [0, 0.1) is 0 Å². The molecule has 0 spiro atoms. The molecule has 1 amide bonds. The van der Waals surface area contributed by atoms with Crippen molar-refractivity contribution in [2.45, 2.75) is 45.8 Å². The van der Waals surface area contributed by atoms with E-state index in [9.17, 15) is 4.79 Å². The third-order valence-corrected chi connectivity index (χ3v) is 3.56. The van der Waals surface area contributed by atoms with Crippen molar-refractivity contribution in [3.05, 3.63) is 29.8 Å². The van der Waals surface area contributed by atoms with Crippen LogP contribution in [-0.2, 0) is 0 Å². The van der Waals surface area contributed by atoms with Crippen LogP contribution in [0.1, 0.15) is 44.5 Å². The number of carbonyl (C=O) groups excluding carboxylic acids is 1. The number of amides is 1. The predicted molar refractivity (Wildman–Crippen MR) is 85.2 cm³/mol. The van der Waals surface area contributed by atoms with Crippen LogP contribution in [0.2, 0.25) is 0 Å². The molecule has 0 heterocycles. The van der Waals surface area contributed by atoms with E-state index in [0.29, 0.717) is 17.7 Å². The first-order chi connectivity index (χ1) is 9.28. The topological polar surface area (TPSA) is 64.3 Å². The maximum Gasteiger partial charge on any atom is 0.252 e. The lowest BCUT2D eigenvalue weighted by Crippen LogP contribution is -2.54. The maximum atomic E-state index is 12.3. The largest absolute Gasteiger partial charge is 0.491 e. The van der Waals surface area contributed by atoms with Gasteiger partial charge in [-0.1, -0.05) is 25.2 Å². The zero-order valence-corrected chi connectivity index (χ0v) is 13.2. The minimum atomic E-state index is -0.679. The number of thiocarbonyl (C=S) groups is 1. The molecule has 0 aromatic heterocycles. The van der Waals surface area contributed by atoms with Gasteiger partial charge < -0.3 is 15.8 Å². The molecule has 0 aliphatic carbocycles. The van der Waals surface area contributed by atoms with Gasteiger partial charge in [-0.25, -0.2) is 0 Å². The van der Waals surface area contributed by atoms with Crippen LogP contribution < -0.4 is 15.8 Å². The zero-order valence-electron chi connectivity index (χ0n) is 12.4. The molecule has 0 saturated heterocycles. The van der Waals surface area contributed by atoms with Crippen LogP contribution in [0.4, 0.5) is 0 Å². The Labute approximate surface area is 125 Å². The molecule has 110 valence electrons. The van der Waals surface area contributed by atoms with E-state index < -0.39 is 5.54 Å². The standard InChI is InChI=1S/C15H22N2O2S/c1-5-15(4,14(16)20)17-13(18)11-7-6-8-12(9-11)19-10(2)3/h6-10H,5H2,1-4H3,(H2,16,20)(H,17,18). The molecule has 1 unspecified atom stereocenters. The van der Waals surface area contributed by atoms with E-state index in [2.05, 4.69) is 5.32 Å². The van der Waals surface area contributed by atoms with E-state index >= 15 is 0 Å². The Morgan fingerprint density at radius 2 is 2.15 bits per heavy atom. The molecule has 0 bridgehead atoms. The Bertz CT molecular complexity index is 502. The molecule has 1 atom stereocenters. The highest BCUT2D eigenvalue weighted by Crippen LogP contribution is 2.17. The molecule has 0 aliphatic heterocycles. The van der Waals surface area contributed by atoms with Crippen molar-refractivity contribution in [2.75, 3.05) is 0 Å². The molecule has 5 heteroatoms. The van der Waals surface area contributed by atoms with Crippen LogP contribution in [0.25, 0.3) is 0 Å². The minimum Gasteiger partial charge on any atom is -0.491 e. The fourth-order valence-corrected chi connectivity index (χ4v) is 1.83. The lowest BCUT2D eigenvalue weighted by atomic mass is 9.98. The van der Waals surface area contributed by atoms with Crippen molar-refractivity contribution in [3.8, 4) is 5.75 Å². The number of benzene rings is 1. The SMILES string of the molecule is CCC(C)(NC(=O)c1cccc(OC(C)C)c1)C(N)=S. The summed E-state index contributed by atoms with van der Waals surface area (Å²) in [5.41, 5.74) is 5.54. The smallest absolute Gasteiger partial charge is 0.252 e. The second kappa shape index (κ2) is 6.70. The molecule has 3 N–H and O–H groups in total. The lowest BCUT2D eigenvalue weighted by molar-refractivity contribution is 0.0926. The first-order valence-electron chi connectivity index (χ1n) is 6.67. The molecule has 1 aromatic carbocycles. The van der Waals surface area contributed by atoms with Gasteiger partial charge in [0, 0.05) is 5.56 Å². The summed E-state index contributed by atoms with van der Waals surface area (Å²) in [6.45, 7) is 7.63. The highest BCUT2D eigenvalue weighted by atomic mass is 32.1. The summed E-state index contributed by atoms with van der Waals surface area (Å²) in [5, 5.41) is 2.88. The third kappa shape index (κ3) is 4.20. The van der Waals surface area contributed by atoms with Gasteiger partial charge in [-0.05, 0) is 45.4 Å². The van der Waals surface area contributed by atoms with Crippen molar-refractivity contribution >= 4 is 23.1 Å². The van der Waals surface area contributed by atoms with Gasteiger partial charge in [0.2, 0.25) is 0 Å². The second-order valence-electron chi connectivity index (χ2n) is 5.20. The Hall–Kier alpha value is -1.62. The fraction of sp³-hybridized carbons (Fsp3) is 0.467. The number of ether oxygens (including phenoxy) is 1. The van der Waals surface area contributed by atoms with E-state index in [1.807, 2.05) is 33.8 Å². The Morgan fingerprint density at radius 1 is 1.50 bits per heavy atom. The average Bonchev–Trinajstić information content (AvgIpc) is 2.37. The summed E-state index contributed by atoms with van der Waals surface area (Å²) in [4.78, 5) is 12.6. The van der Waals surface area contributed by atoms with Gasteiger partial charge in [-0.2, -0.15) is 0 Å². The van der Waals surface area contributed by atoms with Gasteiger partial charge in [0.15, 0.2) is 0 Å². The van der Waals surface area contributed by atoms with Crippen molar-refractivity contribution in [1.29, 1.82) is 0 Å². The van der Waals surface area contributed by atoms with Crippen molar-refractivity contribution in [2.24, 2.45) is 5.73 Å². The van der Waals surface area contributed by atoms with Crippen molar-refractivity contribution < 1.29 is 9.53 Å². The van der Waals surface area contributed by atoms with Gasteiger partial charge in [0.25, 0.3) is 5.91 Å². The van der Waals surface area contributed by atoms with E-state index in [0.717, 1.165) is 0 Å². The number of nitrogens with one attached hydrogen (secondary N) is 1. The maximum absolute atomic E-state index is 12.3. The monoisotopic (exact) mass is 294 g/mol. The minimum absolute atomic E-state index is 0.0610. The molecule has 1 aromatic rings. The Kier molecular flexibility index (Phi) is 5.51. The summed E-state index contributed by atoms with van der Waals surface area (Å²) in [7, 11) is 0. The highest BCUT2D eigenvalue weighted by Gasteiger charge is 2.28. The molecule has 0 radical (unpaired) electrons.